The predicted octanol–water partition coefficient (Wildman–Crippen LogP) is 4.33. The molecule has 0 spiro atoms. The van der Waals surface area contributed by atoms with Gasteiger partial charge in [0.15, 0.2) is 0 Å². The molecule has 1 heterocycles. The Bertz CT molecular complexity index is 701. The van der Waals surface area contributed by atoms with Crippen LogP contribution in [0.3, 0.4) is 0 Å². The molecule has 0 aliphatic rings. The molecule has 0 unspecified atom stereocenters. The average molecular weight is 247 g/mol. The lowest BCUT2D eigenvalue weighted by Gasteiger charge is -2.06. The van der Waals surface area contributed by atoms with Gasteiger partial charge in [0.2, 0.25) is 0 Å². The molecule has 2 aromatic carbocycles. The fourth-order valence-electron chi connectivity index (χ4n) is 2.40. The van der Waals surface area contributed by atoms with E-state index in [1.807, 2.05) is 6.07 Å². The smallest absolute Gasteiger partial charge is 0.0705 e. The molecule has 0 saturated heterocycles. The molecule has 0 N–H and O–H groups in total. The summed E-state index contributed by atoms with van der Waals surface area (Å²) in [5, 5.41) is 1.21. The Morgan fingerprint density at radius 2 is 1.58 bits per heavy atom. The quantitative estimate of drug-likeness (QED) is 0.671. The normalized spacial score (nSPS) is 10.8. The number of rotatable bonds is 3. The summed E-state index contributed by atoms with van der Waals surface area (Å²) in [7, 11) is 0. The molecule has 0 aliphatic carbocycles. The molecule has 0 saturated carbocycles. The van der Waals surface area contributed by atoms with Crippen LogP contribution >= 0.6 is 0 Å². The monoisotopic (exact) mass is 247 g/mol. The van der Waals surface area contributed by atoms with Crippen molar-refractivity contribution >= 4 is 10.9 Å². The molecule has 0 amide bonds. The lowest BCUT2D eigenvalue weighted by atomic mass is 10.0. The molecular weight excluding hydrogens is 230 g/mol. The van der Waals surface area contributed by atoms with E-state index in [0.717, 1.165) is 18.4 Å². The zero-order valence-electron chi connectivity index (χ0n) is 11.1. The van der Waals surface area contributed by atoms with Gasteiger partial charge < -0.3 is 0 Å². The van der Waals surface area contributed by atoms with E-state index in [4.69, 9.17) is 4.98 Å². The van der Waals surface area contributed by atoms with Crippen molar-refractivity contribution in [2.45, 2.75) is 19.8 Å². The minimum absolute atomic E-state index is 0.996. The Hall–Kier alpha value is -2.15. The summed E-state index contributed by atoms with van der Waals surface area (Å²) in [6.07, 6.45) is 2.05. The molecule has 1 heteroatoms. The molecule has 1 aromatic heterocycles. The Balaban J connectivity index is 1.80. The maximum Gasteiger partial charge on any atom is 0.0705 e. The zero-order valence-corrected chi connectivity index (χ0v) is 11.1. The molecule has 3 rings (SSSR count). The van der Waals surface area contributed by atoms with Crippen molar-refractivity contribution in [1.29, 1.82) is 0 Å². The van der Waals surface area contributed by atoms with E-state index in [9.17, 15) is 0 Å². The van der Waals surface area contributed by atoms with Gasteiger partial charge >= 0.3 is 0 Å². The maximum absolute atomic E-state index is 4.72. The van der Waals surface area contributed by atoms with Gasteiger partial charge in [0.25, 0.3) is 0 Å². The lowest BCUT2D eigenvalue weighted by Crippen LogP contribution is -1.96. The molecule has 94 valence electrons. The van der Waals surface area contributed by atoms with Gasteiger partial charge in [-0.3, -0.25) is 4.98 Å². The number of aromatic nitrogens is 1. The standard InChI is InChI=1S/C18H17N/c1-14-6-2-3-7-15(14)10-12-17-13-11-16-8-4-5-9-18(16)19-17/h2-9,11,13H,10,12H2,1H3. The van der Waals surface area contributed by atoms with Crippen LogP contribution in [-0.4, -0.2) is 4.98 Å². The van der Waals surface area contributed by atoms with E-state index in [-0.39, 0.29) is 0 Å². The van der Waals surface area contributed by atoms with Crippen molar-refractivity contribution in [1.82, 2.24) is 4.98 Å². The Kier molecular flexibility index (Phi) is 3.28. The first-order valence-corrected chi connectivity index (χ1v) is 6.72. The highest BCUT2D eigenvalue weighted by Crippen LogP contribution is 2.14. The number of benzene rings is 2. The maximum atomic E-state index is 4.72. The number of para-hydroxylation sites is 1. The molecule has 0 aliphatic heterocycles. The molecule has 0 fully saturated rings. The number of nitrogens with zero attached hydrogens (tertiary/aromatic N) is 1. The Labute approximate surface area is 113 Å². The molecule has 19 heavy (non-hydrogen) atoms. The fraction of sp³-hybridized carbons (Fsp3) is 0.167. The number of pyridine rings is 1. The summed E-state index contributed by atoms with van der Waals surface area (Å²) in [5.41, 5.74) is 5.03. The second-order valence-electron chi connectivity index (χ2n) is 4.92. The van der Waals surface area contributed by atoms with E-state index in [2.05, 4.69) is 61.5 Å². The number of hydrogen-bond donors (Lipinski definition) is 0. The number of hydrogen-bond acceptors (Lipinski definition) is 1. The first-order chi connectivity index (χ1) is 9.33. The summed E-state index contributed by atoms with van der Waals surface area (Å²) in [5.74, 6) is 0. The number of aryl methyl sites for hydroxylation is 3. The van der Waals surface area contributed by atoms with Gasteiger partial charge in [-0.15, -0.1) is 0 Å². The minimum Gasteiger partial charge on any atom is -0.253 e. The van der Waals surface area contributed by atoms with Crippen LogP contribution in [-0.2, 0) is 12.8 Å². The topological polar surface area (TPSA) is 12.9 Å². The van der Waals surface area contributed by atoms with Crippen molar-refractivity contribution in [3.8, 4) is 0 Å². The van der Waals surface area contributed by atoms with E-state index >= 15 is 0 Å². The highest BCUT2D eigenvalue weighted by atomic mass is 14.7. The second kappa shape index (κ2) is 5.23. The van der Waals surface area contributed by atoms with Gasteiger partial charge in [0.05, 0.1) is 5.52 Å². The van der Waals surface area contributed by atoms with Crippen LogP contribution in [0.4, 0.5) is 0 Å². The van der Waals surface area contributed by atoms with Gasteiger partial charge in [-0.05, 0) is 43.0 Å². The fourth-order valence-corrected chi connectivity index (χ4v) is 2.40. The number of fused-ring (bicyclic) bond motifs is 1. The first-order valence-electron chi connectivity index (χ1n) is 6.72. The Morgan fingerprint density at radius 3 is 2.47 bits per heavy atom. The van der Waals surface area contributed by atoms with Crippen LogP contribution in [0.25, 0.3) is 10.9 Å². The highest BCUT2D eigenvalue weighted by Gasteiger charge is 2.01. The lowest BCUT2D eigenvalue weighted by molar-refractivity contribution is 0.914. The van der Waals surface area contributed by atoms with Crippen LogP contribution in [0.15, 0.2) is 60.7 Å². The second-order valence-corrected chi connectivity index (χ2v) is 4.92. The van der Waals surface area contributed by atoms with Gasteiger partial charge in [-0.25, -0.2) is 0 Å². The third-order valence-corrected chi connectivity index (χ3v) is 3.57. The van der Waals surface area contributed by atoms with Gasteiger partial charge in [0.1, 0.15) is 0 Å². The summed E-state index contributed by atoms with van der Waals surface area (Å²) in [6, 6.07) is 21.1. The molecule has 1 nitrogen and oxygen atoms in total. The van der Waals surface area contributed by atoms with Crippen LogP contribution in [0.2, 0.25) is 0 Å². The summed E-state index contributed by atoms with van der Waals surface area (Å²) in [4.78, 5) is 4.72. The van der Waals surface area contributed by atoms with Gasteiger partial charge in [-0.1, -0.05) is 48.5 Å². The SMILES string of the molecule is Cc1ccccc1CCc1ccc2ccccc2n1. The molecule has 3 aromatic rings. The van der Waals surface area contributed by atoms with Gasteiger partial charge in [-0.2, -0.15) is 0 Å². The van der Waals surface area contributed by atoms with Crippen LogP contribution in [0.1, 0.15) is 16.8 Å². The highest BCUT2D eigenvalue weighted by molar-refractivity contribution is 5.78. The summed E-state index contributed by atoms with van der Waals surface area (Å²) in [6.45, 7) is 2.17. The van der Waals surface area contributed by atoms with Crippen LogP contribution in [0.5, 0.6) is 0 Å². The average Bonchev–Trinajstić information content (AvgIpc) is 2.46. The van der Waals surface area contributed by atoms with Crippen molar-refractivity contribution in [2.24, 2.45) is 0 Å². The predicted molar refractivity (Wildman–Crippen MR) is 80.3 cm³/mol. The first kappa shape index (κ1) is 11.9. The minimum atomic E-state index is 0.996. The third kappa shape index (κ3) is 2.65. The van der Waals surface area contributed by atoms with Crippen LogP contribution < -0.4 is 0 Å². The van der Waals surface area contributed by atoms with Crippen molar-refractivity contribution < 1.29 is 0 Å². The summed E-state index contributed by atoms with van der Waals surface area (Å²) >= 11 is 0. The van der Waals surface area contributed by atoms with Crippen molar-refractivity contribution in [3.05, 3.63) is 77.5 Å². The Morgan fingerprint density at radius 1 is 0.789 bits per heavy atom. The van der Waals surface area contributed by atoms with Crippen LogP contribution in [0, 0.1) is 6.92 Å². The van der Waals surface area contributed by atoms with Gasteiger partial charge in [0, 0.05) is 11.1 Å². The largest absolute Gasteiger partial charge is 0.253 e. The van der Waals surface area contributed by atoms with Crippen molar-refractivity contribution in [3.63, 3.8) is 0 Å². The zero-order chi connectivity index (χ0) is 13.1. The van der Waals surface area contributed by atoms with E-state index in [1.54, 1.807) is 0 Å². The van der Waals surface area contributed by atoms with E-state index < -0.39 is 0 Å². The molecule has 0 atom stereocenters. The third-order valence-electron chi connectivity index (χ3n) is 3.57. The van der Waals surface area contributed by atoms with Crippen molar-refractivity contribution in [2.75, 3.05) is 0 Å². The molecule has 0 bridgehead atoms. The van der Waals surface area contributed by atoms with E-state index in [1.165, 1.54) is 22.2 Å². The van der Waals surface area contributed by atoms with E-state index in [0.29, 0.717) is 0 Å². The molecule has 0 radical (unpaired) electrons. The molecular formula is C18H17N. The summed E-state index contributed by atoms with van der Waals surface area (Å²) < 4.78 is 0.